The molecule has 0 aliphatic carbocycles. The van der Waals surface area contributed by atoms with E-state index < -0.39 is 0 Å². The molecule has 12 heavy (non-hydrogen) atoms. The molecule has 2 heterocycles. The summed E-state index contributed by atoms with van der Waals surface area (Å²) in [6.45, 7) is 0.0403. The van der Waals surface area contributed by atoms with Crippen LogP contribution in [0, 0.1) is 0 Å². The van der Waals surface area contributed by atoms with E-state index in [2.05, 4.69) is 10.3 Å². The molecule has 0 radical (unpaired) electrons. The Hall–Kier alpha value is -1.78. The number of nitrogens with two attached hydrogens (primary N) is 1. The van der Waals surface area contributed by atoms with Gasteiger partial charge in [-0.1, -0.05) is 0 Å². The van der Waals surface area contributed by atoms with Crippen LogP contribution in [-0.4, -0.2) is 17.5 Å². The van der Waals surface area contributed by atoms with Crippen molar-refractivity contribution in [1.82, 2.24) is 4.98 Å². The van der Waals surface area contributed by atoms with Crippen LogP contribution in [0.1, 0.15) is 0 Å². The second-order valence-electron chi connectivity index (χ2n) is 2.42. The van der Waals surface area contributed by atoms with Gasteiger partial charge in [-0.25, -0.2) is 4.98 Å². The van der Waals surface area contributed by atoms with Crippen molar-refractivity contribution in [3.8, 4) is 5.75 Å². The van der Waals surface area contributed by atoms with E-state index in [1.165, 1.54) is 0 Å². The fraction of sp³-hybridized carbons (Fsp3) is 0.143. The van der Waals surface area contributed by atoms with Crippen molar-refractivity contribution in [2.24, 2.45) is 0 Å². The van der Waals surface area contributed by atoms with Crippen LogP contribution in [0.25, 0.3) is 0 Å². The number of nitrogen functional groups attached to an aromatic ring is 1. The Labute approximate surface area is 68.5 Å². The van der Waals surface area contributed by atoms with Crippen molar-refractivity contribution in [2.45, 2.75) is 0 Å². The van der Waals surface area contributed by atoms with Crippen LogP contribution >= 0.6 is 0 Å². The molecule has 62 valence electrons. The standard InChI is InChI=1S/C7H7N3O2/c8-5-2-1-4-7(9-5)10-6(11)3-12-4/h1-2H,3H2,(H3,8,9,10,11). The van der Waals surface area contributed by atoms with Crippen molar-refractivity contribution < 1.29 is 9.53 Å². The van der Waals surface area contributed by atoms with E-state index in [1.54, 1.807) is 12.1 Å². The first-order chi connectivity index (χ1) is 5.75. The SMILES string of the molecule is Nc1ccc2c(n1)NC(=O)CO2. The predicted molar refractivity (Wildman–Crippen MR) is 42.8 cm³/mol. The minimum atomic E-state index is -0.208. The zero-order valence-electron chi connectivity index (χ0n) is 6.20. The molecule has 0 aromatic carbocycles. The summed E-state index contributed by atoms with van der Waals surface area (Å²) in [7, 11) is 0. The maximum Gasteiger partial charge on any atom is 0.263 e. The third-order valence-corrected chi connectivity index (χ3v) is 1.50. The smallest absolute Gasteiger partial charge is 0.263 e. The summed E-state index contributed by atoms with van der Waals surface area (Å²) in [5.41, 5.74) is 5.41. The summed E-state index contributed by atoms with van der Waals surface area (Å²) in [6, 6.07) is 3.30. The maximum absolute atomic E-state index is 10.8. The van der Waals surface area contributed by atoms with Gasteiger partial charge in [0, 0.05) is 0 Å². The minimum Gasteiger partial charge on any atom is -0.480 e. The van der Waals surface area contributed by atoms with E-state index in [4.69, 9.17) is 10.5 Å². The third kappa shape index (κ3) is 1.05. The van der Waals surface area contributed by atoms with Gasteiger partial charge in [0.15, 0.2) is 18.2 Å². The van der Waals surface area contributed by atoms with Gasteiger partial charge in [-0.15, -0.1) is 0 Å². The van der Waals surface area contributed by atoms with Crippen molar-refractivity contribution in [2.75, 3.05) is 17.7 Å². The average molecular weight is 165 g/mol. The molecule has 0 bridgehead atoms. The summed E-state index contributed by atoms with van der Waals surface area (Å²) < 4.78 is 5.06. The fourth-order valence-electron chi connectivity index (χ4n) is 0.979. The van der Waals surface area contributed by atoms with Gasteiger partial charge >= 0.3 is 0 Å². The molecule has 1 aliphatic heterocycles. The molecule has 5 heteroatoms. The third-order valence-electron chi connectivity index (χ3n) is 1.50. The number of pyridine rings is 1. The van der Waals surface area contributed by atoms with Crippen LogP contribution in [0.15, 0.2) is 12.1 Å². The normalized spacial score (nSPS) is 14.5. The highest BCUT2D eigenvalue weighted by Crippen LogP contribution is 2.25. The molecule has 1 aliphatic rings. The monoisotopic (exact) mass is 165 g/mol. The first-order valence-corrected chi connectivity index (χ1v) is 3.45. The van der Waals surface area contributed by atoms with Crippen LogP contribution in [0.2, 0.25) is 0 Å². The number of amides is 1. The summed E-state index contributed by atoms with van der Waals surface area (Å²) in [5, 5.41) is 2.55. The molecule has 0 saturated carbocycles. The first-order valence-electron chi connectivity index (χ1n) is 3.45. The number of carbonyl (C=O) groups is 1. The molecule has 0 unspecified atom stereocenters. The Kier molecular flexibility index (Phi) is 1.36. The largest absolute Gasteiger partial charge is 0.480 e. The lowest BCUT2D eigenvalue weighted by atomic mass is 10.3. The summed E-state index contributed by atoms with van der Waals surface area (Å²) in [5.74, 6) is 1.11. The second kappa shape index (κ2) is 2.37. The van der Waals surface area contributed by atoms with Gasteiger partial charge in [0.05, 0.1) is 0 Å². The van der Waals surface area contributed by atoms with Crippen LogP contribution in [0.5, 0.6) is 5.75 Å². The van der Waals surface area contributed by atoms with E-state index in [0.29, 0.717) is 17.4 Å². The number of fused-ring (bicyclic) bond motifs is 1. The highest BCUT2D eigenvalue weighted by atomic mass is 16.5. The first kappa shape index (κ1) is 6.90. The molecule has 1 amide bonds. The number of nitrogens with zero attached hydrogens (tertiary/aromatic N) is 1. The molecule has 0 atom stereocenters. The number of nitrogens with one attached hydrogen (secondary N) is 1. The molecule has 2 rings (SSSR count). The second-order valence-corrected chi connectivity index (χ2v) is 2.42. The van der Waals surface area contributed by atoms with E-state index in [1.807, 2.05) is 0 Å². The molecule has 1 aromatic heterocycles. The number of ether oxygens (including phenoxy) is 1. The van der Waals surface area contributed by atoms with Crippen LogP contribution < -0.4 is 15.8 Å². The average Bonchev–Trinajstić information content (AvgIpc) is 2.03. The zero-order valence-corrected chi connectivity index (χ0v) is 6.20. The quantitative estimate of drug-likeness (QED) is 0.567. The molecular weight excluding hydrogens is 158 g/mol. The number of rotatable bonds is 0. The van der Waals surface area contributed by atoms with E-state index in [9.17, 15) is 4.79 Å². The van der Waals surface area contributed by atoms with Crippen LogP contribution in [-0.2, 0) is 4.79 Å². The Morgan fingerprint density at radius 1 is 1.58 bits per heavy atom. The summed E-state index contributed by atoms with van der Waals surface area (Å²) in [4.78, 5) is 14.7. The number of carbonyl (C=O) groups excluding carboxylic acids is 1. The van der Waals surface area contributed by atoms with Crippen molar-refractivity contribution in [3.63, 3.8) is 0 Å². The molecule has 3 N–H and O–H groups in total. The Bertz CT molecular complexity index is 337. The molecule has 5 nitrogen and oxygen atoms in total. The Morgan fingerprint density at radius 3 is 3.25 bits per heavy atom. The number of hydrogen-bond donors (Lipinski definition) is 2. The van der Waals surface area contributed by atoms with Crippen molar-refractivity contribution >= 4 is 17.5 Å². The Balaban J connectivity index is 2.44. The highest BCUT2D eigenvalue weighted by Gasteiger charge is 2.16. The predicted octanol–water partition coefficient (Wildman–Crippen LogP) is -0.00530. The van der Waals surface area contributed by atoms with Gasteiger partial charge in [0.2, 0.25) is 0 Å². The van der Waals surface area contributed by atoms with Gasteiger partial charge in [0.1, 0.15) is 5.82 Å². The summed E-state index contributed by atoms with van der Waals surface area (Å²) in [6.07, 6.45) is 0. The lowest BCUT2D eigenvalue weighted by Gasteiger charge is -2.16. The lowest BCUT2D eigenvalue weighted by Crippen LogP contribution is -2.26. The topological polar surface area (TPSA) is 77.2 Å². The molecule has 0 fully saturated rings. The van der Waals surface area contributed by atoms with Crippen LogP contribution in [0.4, 0.5) is 11.6 Å². The van der Waals surface area contributed by atoms with Gasteiger partial charge in [-0.3, -0.25) is 4.79 Å². The highest BCUT2D eigenvalue weighted by molar-refractivity contribution is 5.94. The van der Waals surface area contributed by atoms with Gasteiger partial charge < -0.3 is 15.8 Å². The van der Waals surface area contributed by atoms with Gasteiger partial charge in [0.25, 0.3) is 5.91 Å². The van der Waals surface area contributed by atoms with Gasteiger partial charge in [-0.05, 0) is 12.1 Å². The summed E-state index contributed by atoms with van der Waals surface area (Å²) >= 11 is 0. The van der Waals surface area contributed by atoms with Gasteiger partial charge in [-0.2, -0.15) is 0 Å². The number of aromatic nitrogens is 1. The van der Waals surface area contributed by atoms with Crippen molar-refractivity contribution in [3.05, 3.63) is 12.1 Å². The number of hydrogen-bond acceptors (Lipinski definition) is 4. The lowest BCUT2D eigenvalue weighted by molar-refractivity contribution is -0.118. The fourth-order valence-corrected chi connectivity index (χ4v) is 0.979. The van der Waals surface area contributed by atoms with E-state index >= 15 is 0 Å². The van der Waals surface area contributed by atoms with Crippen LogP contribution in [0.3, 0.4) is 0 Å². The molecule has 1 aromatic rings. The minimum absolute atomic E-state index is 0.0403. The van der Waals surface area contributed by atoms with E-state index in [0.717, 1.165) is 0 Å². The number of anilines is 2. The molecular formula is C7H7N3O2. The van der Waals surface area contributed by atoms with E-state index in [-0.39, 0.29) is 12.5 Å². The maximum atomic E-state index is 10.8. The van der Waals surface area contributed by atoms with Crippen molar-refractivity contribution in [1.29, 1.82) is 0 Å². The molecule has 0 saturated heterocycles. The zero-order chi connectivity index (χ0) is 8.55. The molecule has 0 spiro atoms. The Morgan fingerprint density at radius 2 is 2.42 bits per heavy atom.